The highest BCUT2D eigenvalue weighted by atomic mass is 32.2. The normalized spacial score (nSPS) is 11.0. The highest BCUT2D eigenvalue weighted by molar-refractivity contribution is 7.99. The van der Waals surface area contributed by atoms with E-state index in [1.54, 1.807) is 16.9 Å². The molecule has 3 heterocycles. The lowest BCUT2D eigenvalue weighted by atomic mass is 10.1. The maximum atomic E-state index is 4.54. The second-order valence-electron chi connectivity index (χ2n) is 4.31. The molecule has 1 N–H and O–H groups in total. The molecule has 0 unspecified atom stereocenters. The van der Waals surface area contributed by atoms with Gasteiger partial charge in [-0.15, -0.1) is 0 Å². The molecule has 3 aromatic heterocycles. The van der Waals surface area contributed by atoms with E-state index >= 15 is 0 Å². The third kappa shape index (κ3) is 2.27. The summed E-state index contributed by atoms with van der Waals surface area (Å²) in [5, 5.41) is 5.93. The van der Waals surface area contributed by atoms with Gasteiger partial charge in [0.05, 0.1) is 5.69 Å². The maximum Gasteiger partial charge on any atom is 0.253 e. The minimum atomic E-state index is 0.574. The van der Waals surface area contributed by atoms with Crippen LogP contribution < -0.4 is 0 Å². The zero-order chi connectivity index (χ0) is 14.1. The van der Waals surface area contributed by atoms with Gasteiger partial charge < -0.3 is 4.98 Å². The second kappa shape index (κ2) is 5.02. The number of nitrogens with one attached hydrogen (secondary N) is 1. The number of rotatable bonds is 3. The highest BCUT2D eigenvalue weighted by Gasteiger charge is 2.11. The molecule has 0 saturated carbocycles. The number of H-pyrrole nitrogens is 1. The topological polar surface area (TPSA) is 71.8 Å². The molecule has 4 aromatic rings. The van der Waals surface area contributed by atoms with Crippen LogP contribution in [0.3, 0.4) is 0 Å². The number of fused-ring (bicyclic) bond motifs is 1. The molecule has 0 aliphatic carbocycles. The Hall–Kier alpha value is -2.67. The lowest BCUT2D eigenvalue weighted by molar-refractivity contribution is 0.841. The van der Waals surface area contributed by atoms with E-state index in [0.717, 1.165) is 21.4 Å². The van der Waals surface area contributed by atoms with Crippen molar-refractivity contribution in [2.75, 3.05) is 0 Å². The number of imidazole rings is 1. The van der Waals surface area contributed by atoms with Crippen LogP contribution in [-0.4, -0.2) is 29.5 Å². The molecule has 0 spiro atoms. The van der Waals surface area contributed by atoms with Crippen LogP contribution in [0.25, 0.3) is 17.0 Å². The Morgan fingerprint density at radius 2 is 2.00 bits per heavy atom. The molecule has 0 bridgehead atoms. The van der Waals surface area contributed by atoms with Crippen molar-refractivity contribution in [3.63, 3.8) is 0 Å². The van der Waals surface area contributed by atoms with E-state index in [1.165, 1.54) is 18.1 Å². The van der Waals surface area contributed by atoms with Crippen LogP contribution in [0.15, 0.2) is 65.3 Å². The van der Waals surface area contributed by atoms with Gasteiger partial charge in [0.25, 0.3) is 5.78 Å². The Labute approximate surface area is 124 Å². The van der Waals surface area contributed by atoms with E-state index < -0.39 is 0 Å². The number of benzene rings is 1. The SMILES string of the molecule is c1ccc(-c2cc(Sc3ncc[nH]3)n3ncnc3n2)cc1. The standard InChI is InChI=1S/C14H10N6S/c1-2-4-10(5-3-1)11-8-12(21-14-15-6-7-16-14)20-13(19-11)17-9-18-20/h1-9H,(H,15,16). The Morgan fingerprint density at radius 1 is 1.10 bits per heavy atom. The number of nitrogens with zero attached hydrogens (tertiary/aromatic N) is 5. The average molecular weight is 294 g/mol. The molecule has 4 rings (SSSR count). The molecule has 0 aliphatic heterocycles. The summed E-state index contributed by atoms with van der Waals surface area (Å²) < 4.78 is 1.71. The van der Waals surface area contributed by atoms with Gasteiger partial charge in [0.1, 0.15) is 11.4 Å². The van der Waals surface area contributed by atoms with E-state index in [2.05, 4.69) is 25.0 Å². The summed E-state index contributed by atoms with van der Waals surface area (Å²) in [5.41, 5.74) is 1.91. The maximum absolute atomic E-state index is 4.54. The Morgan fingerprint density at radius 3 is 2.81 bits per heavy atom. The number of aromatic amines is 1. The van der Waals surface area contributed by atoms with Crippen molar-refractivity contribution in [2.24, 2.45) is 0 Å². The number of hydrogen-bond donors (Lipinski definition) is 1. The average Bonchev–Trinajstić information content (AvgIpc) is 3.19. The van der Waals surface area contributed by atoms with Crippen molar-refractivity contribution in [2.45, 2.75) is 10.2 Å². The largest absolute Gasteiger partial charge is 0.339 e. The quantitative estimate of drug-likeness (QED) is 0.588. The summed E-state index contributed by atoms with van der Waals surface area (Å²) in [6.07, 6.45) is 5.02. The summed E-state index contributed by atoms with van der Waals surface area (Å²) in [6, 6.07) is 12.0. The number of aromatic nitrogens is 6. The molecule has 0 fully saturated rings. The van der Waals surface area contributed by atoms with Gasteiger partial charge >= 0.3 is 0 Å². The van der Waals surface area contributed by atoms with Crippen molar-refractivity contribution in [3.05, 3.63) is 55.1 Å². The lowest BCUT2D eigenvalue weighted by Gasteiger charge is -2.05. The van der Waals surface area contributed by atoms with Crippen LogP contribution in [0.1, 0.15) is 0 Å². The van der Waals surface area contributed by atoms with Crippen LogP contribution in [0, 0.1) is 0 Å². The van der Waals surface area contributed by atoms with Crippen molar-refractivity contribution >= 4 is 17.5 Å². The highest BCUT2D eigenvalue weighted by Crippen LogP contribution is 2.28. The summed E-state index contributed by atoms with van der Waals surface area (Å²) in [4.78, 5) is 16.0. The molecule has 0 radical (unpaired) electrons. The predicted molar refractivity (Wildman–Crippen MR) is 78.9 cm³/mol. The first kappa shape index (κ1) is 12.1. The zero-order valence-electron chi connectivity index (χ0n) is 10.8. The first-order chi connectivity index (χ1) is 10.4. The van der Waals surface area contributed by atoms with Crippen molar-refractivity contribution < 1.29 is 0 Å². The van der Waals surface area contributed by atoms with Gasteiger partial charge in [0, 0.05) is 18.0 Å². The molecule has 6 nitrogen and oxygen atoms in total. The third-order valence-corrected chi connectivity index (χ3v) is 3.88. The Bertz CT molecular complexity index is 869. The fourth-order valence-corrected chi connectivity index (χ4v) is 2.84. The van der Waals surface area contributed by atoms with E-state index in [4.69, 9.17) is 0 Å². The molecule has 21 heavy (non-hydrogen) atoms. The first-order valence-electron chi connectivity index (χ1n) is 6.33. The van der Waals surface area contributed by atoms with Gasteiger partial charge in [-0.2, -0.15) is 14.6 Å². The fourth-order valence-electron chi connectivity index (χ4n) is 2.02. The minimum absolute atomic E-state index is 0.574. The zero-order valence-corrected chi connectivity index (χ0v) is 11.7. The summed E-state index contributed by atoms with van der Waals surface area (Å²) in [7, 11) is 0. The van der Waals surface area contributed by atoms with E-state index in [-0.39, 0.29) is 0 Å². The fraction of sp³-hybridized carbons (Fsp3) is 0. The van der Waals surface area contributed by atoms with Gasteiger partial charge in [-0.3, -0.25) is 0 Å². The van der Waals surface area contributed by atoms with Gasteiger partial charge in [0.2, 0.25) is 0 Å². The molecule has 102 valence electrons. The molecule has 7 heteroatoms. The molecular weight excluding hydrogens is 284 g/mol. The lowest BCUT2D eigenvalue weighted by Crippen LogP contribution is -1.97. The molecule has 0 saturated heterocycles. The van der Waals surface area contributed by atoms with E-state index in [0.29, 0.717) is 5.78 Å². The first-order valence-corrected chi connectivity index (χ1v) is 7.15. The predicted octanol–water partition coefficient (Wildman–Crippen LogP) is 2.67. The molecule has 0 amide bonds. The van der Waals surface area contributed by atoms with Crippen LogP contribution >= 0.6 is 11.8 Å². The summed E-state index contributed by atoms with van der Waals surface area (Å²) >= 11 is 1.49. The van der Waals surface area contributed by atoms with E-state index in [1.807, 2.05) is 36.4 Å². The second-order valence-corrected chi connectivity index (χ2v) is 5.32. The third-order valence-electron chi connectivity index (χ3n) is 2.96. The van der Waals surface area contributed by atoms with Crippen LogP contribution in [0.2, 0.25) is 0 Å². The summed E-state index contributed by atoms with van der Waals surface area (Å²) in [6.45, 7) is 0. The van der Waals surface area contributed by atoms with Crippen molar-refractivity contribution in [3.8, 4) is 11.3 Å². The monoisotopic (exact) mass is 294 g/mol. The molecule has 0 aliphatic rings. The van der Waals surface area contributed by atoms with Crippen LogP contribution in [-0.2, 0) is 0 Å². The molecule has 1 aromatic carbocycles. The van der Waals surface area contributed by atoms with E-state index in [9.17, 15) is 0 Å². The molecular formula is C14H10N6S. The smallest absolute Gasteiger partial charge is 0.253 e. The van der Waals surface area contributed by atoms with Crippen LogP contribution in [0.4, 0.5) is 0 Å². The Kier molecular flexibility index (Phi) is 2.89. The minimum Gasteiger partial charge on any atom is -0.339 e. The van der Waals surface area contributed by atoms with Crippen molar-refractivity contribution in [1.29, 1.82) is 0 Å². The van der Waals surface area contributed by atoms with Crippen LogP contribution in [0.5, 0.6) is 0 Å². The van der Waals surface area contributed by atoms with Gasteiger partial charge in [-0.1, -0.05) is 30.3 Å². The van der Waals surface area contributed by atoms with Gasteiger partial charge in [-0.05, 0) is 17.8 Å². The van der Waals surface area contributed by atoms with Crippen molar-refractivity contribution in [1.82, 2.24) is 29.5 Å². The van der Waals surface area contributed by atoms with Gasteiger partial charge in [0.15, 0.2) is 5.16 Å². The Balaban J connectivity index is 1.86. The number of hydrogen-bond acceptors (Lipinski definition) is 5. The summed E-state index contributed by atoms with van der Waals surface area (Å²) in [5.74, 6) is 0.574. The van der Waals surface area contributed by atoms with Gasteiger partial charge in [-0.25, -0.2) is 9.97 Å². The molecule has 0 atom stereocenters.